The normalized spacial score (nSPS) is 10.2. The number of hydrogen-bond donors (Lipinski definition) is 0. The molecular formula is C9H9BrClI. The first-order valence-corrected chi connectivity index (χ1v) is 6.32. The summed E-state index contributed by atoms with van der Waals surface area (Å²) >= 11 is 11.8. The molecule has 66 valence electrons. The predicted octanol–water partition coefficient (Wildman–Crippen LogP) is 4.27. The number of halogens is 3. The van der Waals surface area contributed by atoms with E-state index in [0.29, 0.717) is 0 Å². The minimum atomic E-state index is 0.892. The van der Waals surface area contributed by atoms with Crippen molar-refractivity contribution in [3.63, 3.8) is 0 Å². The van der Waals surface area contributed by atoms with E-state index in [9.17, 15) is 0 Å². The van der Waals surface area contributed by atoms with Crippen molar-refractivity contribution in [2.75, 3.05) is 5.33 Å². The van der Waals surface area contributed by atoms with Crippen molar-refractivity contribution in [2.45, 2.75) is 12.8 Å². The maximum Gasteiger partial charge on any atom is 0.0448 e. The third kappa shape index (κ3) is 2.89. The highest BCUT2D eigenvalue weighted by Gasteiger charge is 2.03. The van der Waals surface area contributed by atoms with E-state index in [1.165, 1.54) is 9.13 Å². The molecule has 0 unspecified atom stereocenters. The van der Waals surface area contributed by atoms with Gasteiger partial charge in [-0.05, 0) is 53.1 Å². The lowest BCUT2D eigenvalue weighted by Gasteiger charge is -2.04. The fraction of sp³-hybridized carbons (Fsp3) is 0.333. The molecule has 0 radical (unpaired) electrons. The molecule has 0 amide bonds. The summed E-state index contributed by atoms with van der Waals surface area (Å²) in [6.45, 7) is 0. The van der Waals surface area contributed by atoms with Crippen LogP contribution in [0.1, 0.15) is 12.0 Å². The first-order valence-electron chi connectivity index (χ1n) is 3.74. The molecule has 0 fully saturated rings. The summed E-state index contributed by atoms with van der Waals surface area (Å²) in [6, 6.07) is 6.03. The Morgan fingerprint density at radius 2 is 2.17 bits per heavy atom. The summed E-state index contributed by atoms with van der Waals surface area (Å²) in [5.41, 5.74) is 1.28. The third-order valence-corrected chi connectivity index (χ3v) is 3.55. The van der Waals surface area contributed by atoms with Crippen molar-refractivity contribution in [2.24, 2.45) is 0 Å². The Labute approximate surface area is 100.0 Å². The smallest absolute Gasteiger partial charge is 0.0448 e. The lowest BCUT2D eigenvalue weighted by molar-refractivity contribution is 0.934. The van der Waals surface area contributed by atoms with Gasteiger partial charge in [-0.2, -0.15) is 0 Å². The van der Waals surface area contributed by atoms with E-state index < -0.39 is 0 Å². The Kier molecular flexibility index (Phi) is 4.90. The van der Waals surface area contributed by atoms with Crippen LogP contribution in [0.5, 0.6) is 0 Å². The van der Waals surface area contributed by atoms with Gasteiger partial charge >= 0.3 is 0 Å². The molecule has 0 spiro atoms. The second-order valence-corrected chi connectivity index (χ2v) is 4.86. The van der Waals surface area contributed by atoms with E-state index in [1.54, 1.807) is 0 Å². The molecular weight excluding hydrogens is 350 g/mol. The monoisotopic (exact) mass is 358 g/mol. The second kappa shape index (κ2) is 5.45. The molecule has 0 saturated carbocycles. The van der Waals surface area contributed by atoms with Crippen LogP contribution in [0.25, 0.3) is 0 Å². The molecule has 0 nitrogen and oxygen atoms in total. The summed E-state index contributed by atoms with van der Waals surface area (Å²) in [5.74, 6) is 0. The van der Waals surface area contributed by atoms with E-state index in [2.05, 4.69) is 44.6 Å². The van der Waals surface area contributed by atoms with E-state index >= 15 is 0 Å². The van der Waals surface area contributed by atoms with Crippen LogP contribution in [0.3, 0.4) is 0 Å². The molecule has 12 heavy (non-hydrogen) atoms. The van der Waals surface area contributed by atoms with Gasteiger partial charge in [0.2, 0.25) is 0 Å². The Morgan fingerprint density at radius 3 is 2.75 bits per heavy atom. The lowest BCUT2D eigenvalue weighted by Crippen LogP contribution is -1.91. The van der Waals surface area contributed by atoms with E-state index in [4.69, 9.17) is 11.6 Å². The largest absolute Gasteiger partial charge is 0.0928 e. The number of alkyl halides is 1. The molecule has 1 aromatic rings. The molecule has 0 aliphatic rings. The molecule has 0 aromatic heterocycles. The maximum absolute atomic E-state index is 6.05. The van der Waals surface area contributed by atoms with Crippen LogP contribution in [-0.2, 0) is 6.42 Å². The molecule has 0 N–H and O–H groups in total. The van der Waals surface area contributed by atoms with Crippen LogP contribution >= 0.6 is 50.1 Å². The molecule has 1 rings (SSSR count). The van der Waals surface area contributed by atoms with E-state index in [1.807, 2.05) is 12.1 Å². The minimum Gasteiger partial charge on any atom is -0.0928 e. The van der Waals surface area contributed by atoms with E-state index in [0.717, 1.165) is 23.2 Å². The SMILES string of the molecule is Clc1cccc(I)c1CCCBr. The van der Waals surface area contributed by atoms with Gasteiger partial charge in [0.15, 0.2) is 0 Å². The van der Waals surface area contributed by atoms with Crippen LogP contribution in [0.15, 0.2) is 18.2 Å². The highest BCUT2D eigenvalue weighted by atomic mass is 127. The van der Waals surface area contributed by atoms with E-state index in [-0.39, 0.29) is 0 Å². The fourth-order valence-electron chi connectivity index (χ4n) is 1.01. The predicted molar refractivity (Wildman–Crippen MR) is 66.3 cm³/mol. The lowest BCUT2D eigenvalue weighted by atomic mass is 10.1. The Hall–Kier alpha value is 0.720. The zero-order valence-corrected chi connectivity index (χ0v) is 11.0. The maximum atomic E-state index is 6.05. The minimum absolute atomic E-state index is 0.892. The first-order chi connectivity index (χ1) is 5.75. The quantitative estimate of drug-likeness (QED) is 0.558. The standard InChI is InChI=1S/C9H9BrClI/c10-6-2-3-7-8(11)4-1-5-9(7)12/h1,4-5H,2-3,6H2. The summed E-state index contributed by atoms with van der Waals surface area (Å²) in [5, 5.41) is 1.93. The van der Waals surface area contributed by atoms with Gasteiger partial charge in [0.1, 0.15) is 0 Å². The van der Waals surface area contributed by atoms with Crippen molar-refractivity contribution < 1.29 is 0 Å². The van der Waals surface area contributed by atoms with Gasteiger partial charge in [0.25, 0.3) is 0 Å². The summed E-state index contributed by atoms with van der Waals surface area (Å²) in [4.78, 5) is 0. The topological polar surface area (TPSA) is 0 Å². The molecule has 1 aromatic carbocycles. The zero-order valence-electron chi connectivity index (χ0n) is 6.49. The van der Waals surface area contributed by atoms with Gasteiger partial charge in [0.05, 0.1) is 0 Å². The molecule has 0 aliphatic heterocycles. The highest BCUT2D eigenvalue weighted by Crippen LogP contribution is 2.23. The van der Waals surface area contributed by atoms with Crippen molar-refractivity contribution in [3.8, 4) is 0 Å². The van der Waals surface area contributed by atoms with Gasteiger partial charge in [-0.25, -0.2) is 0 Å². The van der Waals surface area contributed by atoms with Crippen molar-refractivity contribution >= 4 is 50.1 Å². The van der Waals surface area contributed by atoms with Crippen LogP contribution < -0.4 is 0 Å². The van der Waals surface area contributed by atoms with Crippen LogP contribution in [0, 0.1) is 3.57 Å². The fourth-order valence-corrected chi connectivity index (χ4v) is 2.49. The molecule has 0 saturated heterocycles. The Balaban J connectivity index is 2.81. The van der Waals surface area contributed by atoms with Gasteiger partial charge in [0, 0.05) is 13.9 Å². The average molecular weight is 359 g/mol. The number of rotatable bonds is 3. The molecule has 0 bridgehead atoms. The zero-order chi connectivity index (χ0) is 8.97. The molecule has 0 heterocycles. The van der Waals surface area contributed by atoms with Crippen LogP contribution in [0.2, 0.25) is 5.02 Å². The number of hydrogen-bond acceptors (Lipinski definition) is 0. The average Bonchev–Trinajstić information content (AvgIpc) is 2.04. The van der Waals surface area contributed by atoms with Gasteiger partial charge in [-0.3, -0.25) is 0 Å². The second-order valence-electron chi connectivity index (χ2n) is 2.49. The molecule has 0 atom stereocenters. The third-order valence-electron chi connectivity index (χ3n) is 1.62. The van der Waals surface area contributed by atoms with Crippen molar-refractivity contribution in [1.29, 1.82) is 0 Å². The summed E-state index contributed by atoms with van der Waals surface area (Å²) in [6.07, 6.45) is 2.20. The van der Waals surface area contributed by atoms with Crippen LogP contribution in [-0.4, -0.2) is 5.33 Å². The van der Waals surface area contributed by atoms with Crippen molar-refractivity contribution in [1.82, 2.24) is 0 Å². The summed E-state index contributed by atoms with van der Waals surface area (Å²) in [7, 11) is 0. The Morgan fingerprint density at radius 1 is 1.42 bits per heavy atom. The van der Waals surface area contributed by atoms with Gasteiger partial charge < -0.3 is 0 Å². The highest BCUT2D eigenvalue weighted by molar-refractivity contribution is 14.1. The summed E-state index contributed by atoms with van der Waals surface area (Å²) < 4.78 is 1.26. The van der Waals surface area contributed by atoms with Crippen LogP contribution in [0.4, 0.5) is 0 Å². The molecule has 0 aliphatic carbocycles. The van der Waals surface area contributed by atoms with Gasteiger partial charge in [-0.15, -0.1) is 0 Å². The Bertz CT molecular complexity index is 242. The van der Waals surface area contributed by atoms with Crippen molar-refractivity contribution in [3.05, 3.63) is 32.4 Å². The number of benzene rings is 1. The van der Waals surface area contributed by atoms with Gasteiger partial charge in [-0.1, -0.05) is 33.6 Å². The first kappa shape index (κ1) is 10.8. The molecule has 3 heteroatoms.